The lowest BCUT2D eigenvalue weighted by atomic mass is 10.1. The number of carbonyl (C=O) groups excluding carboxylic acids is 1. The van der Waals surface area contributed by atoms with Crippen LogP contribution in [0.1, 0.15) is 29.8 Å². The molecule has 6 heteroatoms. The number of benzene rings is 1. The Bertz CT molecular complexity index is 486. The smallest absolute Gasteiger partial charge is 0.337 e. The third-order valence-corrected chi connectivity index (χ3v) is 2.58. The van der Waals surface area contributed by atoms with E-state index in [1.54, 1.807) is 19.1 Å². The highest BCUT2D eigenvalue weighted by molar-refractivity contribution is 6.00. The van der Waals surface area contributed by atoms with Crippen molar-refractivity contribution in [1.29, 1.82) is 0 Å². The lowest BCUT2D eigenvalue weighted by Gasteiger charge is -2.13. The molecule has 0 aliphatic heterocycles. The fourth-order valence-electron chi connectivity index (χ4n) is 1.63. The van der Waals surface area contributed by atoms with Gasteiger partial charge in [0.1, 0.15) is 0 Å². The minimum absolute atomic E-state index is 0.0681. The second kappa shape index (κ2) is 7.49. The van der Waals surface area contributed by atoms with E-state index in [9.17, 15) is 9.59 Å². The molecule has 0 unspecified atom stereocenters. The number of aryl methyl sites for hydroxylation is 1. The van der Waals surface area contributed by atoms with Gasteiger partial charge in [-0.25, -0.2) is 9.59 Å². The molecule has 0 spiro atoms. The Hall–Kier alpha value is -2.08. The summed E-state index contributed by atoms with van der Waals surface area (Å²) in [5.41, 5.74) is 1.07. The maximum atomic E-state index is 11.7. The summed E-state index contributed by atoms with van der Waals surface area (Å²) >= 11 is 0. The molecule has 0 saturated heterocycles. The summed E-state index contributed by atoms with van der Waals surface area (Å²) in [5.74, 6) is -1.08. The second-order valence-electron chi connectivity index (χ2n) is 4.60. The number of carbonyl (C=O) groups is 2. The molecule has 6 nitrogen and oxygen atoms in total. The van der Waals surface area contributed by atoms with Crippen LogP contribution >= 0.6 is 0 Å². The van der Waals surface area contributed by atoms with Gasteiger partial charge in [-0.2, -0.15) is 0 Å². The van der Waals surface area contributed by atoms with Crippen LogP contribution in [-0.2, 0) is 4.74 Å². The van der Waals surface area contributed by atoms with E-state index in [2.05, 4.69) is 10.6 Å². The molecule has 0 radical (unpaired) electrons. The van der Waals surface area contributed by atoms with Crippen molar-refractivity contribution >= 4 is 17.7 Å². The van der Waals surface area contributed by atoms with E-state index in [0.717, 1.165) is 0 Å². The zero-order valence-corrected chi connectivity index (χ0v) is 11.9. The molecule has 0 bridgehead atoms. The van der Waals surface area contributed by atoms with Crippen molar-refractivity contribution in [3.8, 4) is 0 Å². The number of anilines is 1. The lowest BCUT2D eigenvalue weighted by Crippen LogP contribution is -2.32. The molecule has 2 amide bonds. The summed E-state index contributed by atoms with van der Waals surface area (Å²) in [6.45, 7) is 6.33. The van der Waals surface area contributed by atoms with E-state index in [1.807, 2.05) is 13.8 Å². The van der Waals surface area contributed by atoms with E-state index in [0.29, 0.717) is 24.4 Å². The van der Waals surface area contributed by atoms with E-state index >= 15 is 0 Å². The first kappa shape index (κ1) is 16.0. The quantitative estimate of drug-likeness (QED) is 0.697. The zero-order chi connectivity index (χ0) is 15.1. The number of hydrogen-bond acceptors (Lipinski definition) is 3. The van der Waals surface area contributed by atoms with Crippen molar-refractivity contribution < 1.29 is 19.4 Å². The Morgan fingerprint density at radius 2 is 2.05 bits per heavy atom. The number of rotatable bonds is 6. The molecule has 1 rings (SSSR count). The molecular formula is C14H20N2O4. The number of carboxylic acid groups (broad SMARTS) is 1. The van der Waals surface area contributed by atoms with Gasteiger partial charge in [0.2, 0.25) is 0 Å². The number of para-hydroxylation sites is 1. The van der Waals surface area contributed by atoms with Gasteiger partial charge in [-0.05, 0) is 32.4 Å². The molecule has 0 aliphatic carbocycles. The van der Waals surface area contributed by atoms with Crippen LogP contribution in [0, 0.1) is 6.92 Å². The highest BCUT2D eigenvalue weighted by Gasteiger charge is 2.14. The minimum atomic E-state index is -1.08. The molecule has 20 heavy (non-hydrogen) atoms. The van der Waals surface area contributed by atoms with Gasteiger partial charge in [-0.1, -0.05) is 12.1 Å². The largest absolute Gasteiger partial charge is 0.478 e. The Morgan fingerprint density at radius 1 is 1.35 bits per heavy atom. The average Bonchev–Trinajstić information content (AvgIpc) is 2.36. The van der Waals surface area contributed by atoms with E-state index in [1.165, 1.54) is 6.07 Å². The predicted molar refractivity (Wildman–Crippen MR) is 76.2 cm³/mol. The van der Waals surface area contributed by atoms with Crippen molar-refractivity contribution in [2.75, 3.05) is 18.5 Å². The van der Waals surface area contributed by atoms with Gasteiger partial charge in [0.15, 0.2) is 0 Å². The Kier molecular flexibility index (Phi) is 5.99. The number of aromatic carboxylic acids is 1. The van der Waals surface area contributed by atoms with Crippen LogP contribution in [0.4, 0.5) is 10.5 Å². The zero-order valence-electron chi connectivity index (χ0n) is 11.9. The van der Waals surface area contributed by atoms with Gasteiger partial charge in [0.05, 0.1) is 24.0 Å². The van der Waals surface area contributed by atoms with Crippen LogP contribution in [0.15, 0.2) is 18.2 Å². The maximum absolute atomic E-state index is 11.7. The van der Waals surface area contributed by atoms with E-state index in [4.69, 9.17) is 9.84 Å². The fourth-order valence-corrected chi connectivity index (χ4v) is 1.63. The SMILES string of the molecule is Cc1cccc(C(=O)O)c1NC(=O)NCCOC(C)C. The summed E-state index contributed by atoms with van der Waals surface area (Å²) < 4.78 is 5.29. The van der Waals surface area contributed by atoms with Crippen LogP contribution in [0.25, 0.3) is 0 Å². The summed E-state index contributed by atoms with van der Waals surface area (Å²) in [4.78, 5) is 22.8. The first-order chi connectivity index (χ1) is 9.41. The van der Waals surface area contributed by atoms with E-state index < -0.39 is 12.0 Å². The van der Waals surface area contributed by atoms with Crippen LogP contribution in [0.2, 0.25) is 0 Å². The molecule has 0 heterocycles. The summed E-state index contributed by atoms with van der Waals surface area (Å²) in [6.07, 6.45) is 0.106. The average molecular weight is 280 g/mol. The molecule has 0 aromatic heterocycles. The second-order valence-corrected chi connectivity index (χ2v) is 4.60. The van der Waals surface area contributed by atoms with Gasteiger partial charge in [0, 0.05) is 6.54 Å². The highest BCUT2D eigenvalue weighted by Crippen LogP contribution is 2.20. The molecule has 3 N–H and O–H groups in total. The third-order valence-electron chi connectivity index (χ3n) is 2.58. The molecule has 0 fully saturated rings. The Morgan fingerprint density at radius 3 is 2.65 bits per heavy atom. The van der Waals surface area contributed by atoms with Crippen LogP contribution < -0.4 is 10.6 Å². The van der Waals surface area contributed by atoms with Gasteiger partial charge >= 0.3 is 12.0 Å². The predicted octanol–water partition coefficient (Wildman–Crippen LogP) is 2.24. The monoisotopic (exact) mass is 280 g/mol. The van der Waals surface area contributed by atoms with Crippen molar-refractivity contribution in [1.82, 2.24) is 5.32 Å². The molecule has 0 aliphatic rings. The van der Waals surface area contributed by atoms with Gasteiger partial charge in [0.25, 0.3) is 0 Å². The van der Waals surface area contributed by atoms with Crippen molar-refractivity contribution in [2.24, 2.45) is 0 Å². The summed E-state index contributed by atoms with van der Waals surface area (Å²) in [5, 5.41) is 14.3. The van der Waals surface area contributed by atoms with Crippen molar-refractivity contribution in [3.63, 3.8) is 0 Å². The van der Waals surface area contributed by atoms with Gasteiger partial charge in [-0.15, -0.1) is 0 Å². The number of urea groups is 1. The number of nitrogens with one attached hydrogen (secondary N) is 2. The topological polar surface area (TPSA) is 87.7 Å². The molecule has 110 valence electrons. The van der Waals surface area contributed by atoms with Crippen LogP contribution in [-0.4, -0.2) is 36.4 Å². The minimum Gasteiger partial charge on any atom is -0.478 e. The fraction of sp³-hybridized carbons (Fsp3) is 0.429. The first-order valence-corrected chi connectivity index (χ1v) is 6.41. The maximum Gasteiger partial charge on any atom is 0.337 e. The van der Waals surface area contributed by atoms with Crippen molar-refractivity contribution in [3.05, 3.63) is 29.3 Å². The molecule has 0 atom stereocenters. The standard InChI is InChI=1S/C14H20N2O4/c1-9(2)20-8-7-15-14(19)16-12-10(3)5-4-6-11(12)13(17)18/h4-6,9H,7-8H2,1-3H3,(H,17,18)(H2,15,16,19). The Balaban J connectivity index is 2.60. The Labute approximate surface area is 118 Å². The summed E-state index contributed by atoms with van der Waals surface area (Å²) in [6, 6.07) is 4.38. The van der Waals surface area contributed by atoms with E-state index in [-0.39, 0.29) is 11.7 Å². The highest BCUT2D eigenvalue weighted by atomic mass is 16.5. The van der Waals surface area contributed by atoms with Crippen LogP contribution in [0.5, 0.6) is 0 Å². The van der Waals surface area contributed by atoms with Gasteiger partial charge < -0.3 is 20.5 Å². The van der Waals surface area contributed by atoms with Crippen LogP contribution in [0.3, 0.4) is 0 Å². The lowest BCUT2D eigenvalue weighted by molar-refractivity contribution is 0.0697. The number of carboxylic acids is 1. The number of hydrogen-bond donors (Lipinski definition) is 3. The molecule has 1 aromatic rings. The molecule has 1 aromatic carbocycles. The van der Waals surface area contributed by atoms with Gasteiger partial charge in [-0.3, -0.25) is 0 Å². The summed E-state index contributed by atoms with van der Waals surface area (Å²) in [7, 11) is 0. The normalized spacial score (nSPS) is 10.4. The first-order valence-electron chi connectivity index (χ1n) is 6.41. The molecular weight excluding hydrogens is 260 g/mol. The molecule has 0 saturated carbocycles. The number of amides is 2. The van der Waals surface area contributed by atoms with Crippen molar-refractivity contribution in [2.45, 2.75) is 26.9 Å². The number of ether oxygens (including phenoxy) is 1. The third kappa shape index (κ3) is 4.89.